The Balaban J connectivity index is 2.28. The largest absolute Gasteiger partial charge is 0.451 e. The molecule has 0 amide bonds. The minimum Gasteiger partial charge on any atom is -0.451 e. The van der Waals surface area contributed by atoms with E-state index in [0.717, 1.165) is 12.5 Å². The maximum atomic E-state index is 12.9. The molecule has 0 saturated carbocycles. The number of hydroxylamine groups is 1. The molecule has 0 saturated heterocycles. The molecule has 1 aromatic heterocycles. The molecule has 2 rings (SSSR count). The predicted octanol–water partition coefficient (Wildman–Crippen LogP) is 2.69. The SMILES string of the molecule is N=C(c1cocn1)N(O)c1ccc(F)c(Cl)c1. The van der Waals surface area contributed by atoms with Gasteiger partial charge in [-0.2, -0.15) is 0 Å². The Morgan fingerprint density at radius 1 is 1.53 bits per heavy atom. The van der Waals surface area contributed by atoms with Crippen LogP contribution < -0.4 is 5.06 Å². The third-order valence-electron chi connectivity index (χ3n) is 2.03. The number of hydrogen-bond donors (Lipinski definition) is 2. The Bertz CT molecular complexity index is 544. The molecule has 0 aliphatic heterocycles. The molecular weight excluding hydrogens is 249 g/mol. The maximum absolute atomic E-state index is 12.9. The zero-order valence-electron chi connectivity index (χ0n) is 8.39. The van der Waals surface area contributed by atoms with Crippen LogP contribution in [0.2, 0.25) is 5.02 Å². The van der Waals surface area contributed by atoms with E-state index in [2.05, 4.69) is 9.40 Å². The molecule has 1 heterocycles. The fourth-order valence-electron chi connectivity index (χ4n) is 1.18. The van der Waals surface area contributed by atoms with Crippen molar-refractivity contribution in [3.8, 4) is 0 Å². The summed E-state index contributed by atoms with van der Waals surface area (Å²) in [7, 11) is 0. The number of aromatic nitrogens is 1. The molecule has 88 valence electrons. The van der Waals surface area contributed by atoms with Crippen molar-refractivity contribution >= 4 is 23.1 Å². The number of oxazole rings is 1. The first-order valence-corrected chi connectivity index (χ1v) is 4.88. The van der Waals surface area contributed by atoms with Crippen molar-refractivity contribution in [2.45, 2.75) is 0 Å². The standard InChI is InChI=1S/C10H7ClFN3O2/c11-7-3-6(1-2-8(7)12)15(16)10(13)9-4-17-5-14-9/h1-5,13,16H. The van der Waals surface area contributed by atoms with Crippen LogP contribution in [0.4, 0.5) is 10.1 Å². The molecule has 1 aromatic carbocycles. The maximum Gasteiger partial charge on any atom is 0.181 e. The Morgan fingerprint density at radius 2 is 2.29 bits per heavy atom. The van der Waals surface area contributed by atoms with Crippen LogP contribution in [0.5, 0.6) is 0 Å². The Morgan fingerprint density at radius 3 is 2.88 bits per heavy atom. The number of halogens is 2. The van der Waals surface area contributed by atoms with Crippen LogP contribution in [0.3, 0.4) is 0 Å². The van der Waals surface area contributed by atoms with E-state index >= 15 is 0 Å². The van der Waals surface area contributed by atoms with E-state index in [1.165, 1.54) is 18.4 Å². The second kappa shape index (κ2) is 4.52. The highest BCUT2D eigenvalue weighted by molar-refractivity contribution is 6.31. The lowest BCUT2D eigenvalue weighted by Gasteiger charge is -2.16. The molecule has 0 aliphatic carbocycles. The van der Waals surface area contributed by atoms with Gasteiger partial charge in [-0.3, -0.25) is 10.6 Å². The van der Waals surface area contributed by atoms with Gasteiger partial charge < -0.3 is 4.42 Å². The molecule has 17 heavy (non-hydrogen) atoms. The van der Waals surface area contributed by atoms with Crippen LogP contribution >= 0.6 is 11.6 Å². The summed E-state index contributed by atoms with van der Waals surface area (Å²) in [5.41, 5.74) is 0.303. The van der Waals surface area contributed by atoms with Crippen LogP contribution in [0.25, 0.3) is 0 Å². The lowest BCUT2D eigenvalue weighted by atomic mass is 10.3. The third kappa shape index (κ3) is 2.27. The summed E-state index contributed by atoms with van der Waals surface area (Å²) in [6.07, 6.45) is 2.34. The number of benzene rings is 1. The van der Waals surface area contributed by atoms with Gasteiger partial charge in [0.25, 0.3) is 0 Å². The summed E-state index contributed by atoms with van der Waals surface area (Å²) < 4.78 is 17.6. The highest BCUT2D eigenvalue weighted by atomic mass is 35.5. The first-order chi connectivity index (χ1) is 8.09. The van der Waals surface area contributed by atoms with Crippen LogP contribution in [0.15, 0.2) is 35.3 Å². The van der Waals surface area contributed by atoms with E-state index < -0.39 is 5.82 Å². The van der Waals surface area contributed by atoms with E-state index in [0.29, 0.717) is 5.06 Å². The Labute approximate surface area is 101 Å². The second-order valence-corrected chi connectivity index (χ2v) is 3.54. The second-order valence-electron chi connectivity index (χ2n) is 3.13. The van der Waals surface area contributed by atoms with Gasteiger partial charge in [0.2, 0.25) is 0 Å². The van der Waals surface area contributed by atoms with Gasteiger partial charge in [-0.1, -0.05) is 11.6 Å². The number of nitrogens with one attached hydrogen (secondary N) is 1. The molecule has 2 aromatic rings. The quantitative estimate of drug-likeness (QED) is 0.492. The smallest absolute Gasteiger partial charge is 0.181 e. The lowest BCUT2D eigenvalue weighted by molar-refractivity contribution is 0.311. The molecule has 2 N–H and O–H groups in total. The summed E-state index contributed by atoms with van der Waals surface area (Å²) >= 11 is 5.57. The van der Waals surface area contributed by atoms with Gasteiger partial charge in [0.15, 0.2) is 12.2 Å². The van der Waals surface area contributed by atoms with Gasteiger partial charge in [0.05, 0.1) is 10.7 Å². The van der Waals surface area contributed by atoms with Gasteiger partial charge in [-0.15, -0.1) is 0 Å². The number of hydrogen-bond acceptors (Lipinski definition) is 4. The summed E-state index contributed by atoms with van der Waals surface area (Å²) in [4.78, 5) is 3.70. The van der Waals surface area contributed by atoms with Gasteiger partial charge in [-0.25, -0.2) is 14.4 Å². The molecular formula is C10H7ClFN3O2. The zero-order chi connectivity index (χ0) is 12.4. The number of rotatable bonds is 2. The minimum atomic E-state index is -0.600. The average Bonchev–Trinajstić information content (AvgIpc) is 2.84. The van der Waals surface area contributed by atoms with Crippen LogP contribution in [0.1, 0.15) is 5.69 Å². The molecule has 0 fully saturated rings. The highest BCUT2D eigenvalue weighted by Gasteiger charge is 2.15. The Hall–Kier alpha value is -1.92. The number of anilines is 1. The molecule has 0 bridgehead atoms. The van der Waals surface area contributed by atoms with Crippen molar-refractivity contribution in [2.75, 3.05) is 5.06 Å². The summed E-state index contributed by atoms with van der Waals surface area (Å²) in [5, 5.41) is 17.7. The fraction of sp³-hybridized carbons (Fsp3) is 0. The van der Waals surface area contributed by atoms with E-state index in [4.69, 9.17) is 17.0 Å². The monoisotopic (exact) mass is 255 g/mol. The van der Waals surface area contributed by atoms with Crippen molar-refractivity contribution in [3.63, 3.8) is 0 Å². The van der Waals surface area contributed by atoms with Crippen LogP contribution in [-0.4, -0.2) is 16.0 Å². The number of amidine groups is 1. The Kier molecular flexibility index (Phi) is 3.08. The van der Waals surface area contributed by atoms with Gasteiger partial charge in [0, 0.05) is 0 Å². The predicted molar refractivity (Wildman–Crippen MR) is 59.0 cm³/mol. The van der Waals surface area contributed by atoms with E-state index in [1.54, 1.807) is 0 Å². The first kappa shape index (κ1) is 11.6. The van der Waals surface area contributed by atoms with E-state index in [-0.39, 0.29) is 22.2 Å². The van der Waals surface area contributed by atoms with Crippen molar-refractivity contribution in [2.24, 2.45) is 0 Å². The molecule has 0 atom stereocenters. The lowest BCUT2D eigenvalue weighted by Crippen LogP contribution is -2.27. The van der Waals surface area contributed by atoms with Crippen molar-refractivity contribution < 1.29 is 14.0 Å². The van der Waals surface area contributed by atoms with Crippen molar-refractivity contribution in [1.82, 2.24) is 4.98 Å². The minimum absolute atomic E-state index is 0.144. The van der Waals surface area contributed by atoms with Crippen molar-refractivity contribution in [1.29, 1.82) is 5.41 Å². The summed E-state index contributed by atoms with van der Waals surface area (Å²) in [5.74, 6) is -0.904. The topological polar surface area (TPSA) is 73.4 Å². The highest BCUT2D eigenvalue weighted by Crippen LogP contribution is 2.22. The average molecular weight is 256 g/mol. The van der Waals surface area contributed by atoms with E-state index in [9.17, 15) is 9.60 Å². The molecule has 0 spiro atoms. The summed E-state index contributed by atoms with van der Waals surface area (Å²) in [6, 6.07) is 3.58. The molecule has 0 unspecified atom stereocenters. The number of nitrogens with zero attached hydrogens (tertiary/aromatic N) is 2. The molecule has 0 aliphatic rings. The zero-order valence-corrected chi connectivity index (χ0v) is 9.15. The third-order valence-corrected chi connectivity index (χ3v) is 2.32. The van der Waals surface area contributed by atoms with Gasteiger partial charge in [-0.05, 0) is 18.2 Å². The van der Waals surface area contributed by atoms with Crippen LogP contribution in [0, 0.1) is 11.2 Å². The molecule has 0 radical (unpaired) electrons. The normalized spacial score (nSPS) is 10.3. The van der Waals surface area contributed by atoms with Gasteiger partial charge >= 0.3 is 0 Å². The van der Waals surface area contributed by atoms with Crippen LogP contribution in [-0.2, 0) is 0 Å². The fourth-order valence-corrected chi connectivity index (χ4v) is 1.36. The first-order valence-electron chi connectivity index (χ1n) is 4.51. The molecule has 7 heteroatoms. The van der Waals surface area contributed by atoms with E-state index in [1.807, 2.05) is 0 Å². The van der Waals surface area contributed by atoms with Crippen molar-refractivity contribution in [3.05, 3.63) is 47.4 Å². The molecule has 5 nitrogen and oxygen atoms in total. The van der Waals surface area contributed by atoms with Gasteiger partial charge in [0.1, 0.15) is 17.8 Å². The summed E-state index contributed by atoms with van der Waals surface area (Å²) in [6.45, 7) is 0.